The summed E-state index contributed by atoms with van der Waals surface area (Å²) in [5.74, 6) is 0. The maximum absolute atomic E-state index is 5.07. The second-order valence-corrected chi connectivity index (χ2v) is 6.16. The molecule has 0 aromatic carbocycles. The first-order valence-corrected chi connectivity index (χ1v) is 6.84. The van der Waals surface area contributed by atoms with Crippen molar-refractivity contribution in [3.63, 3.8) is 0 Å². The first-order chi connectivity index (χ1) is 8.59. The topological polar surface area (TPSA) is 49.9 Å². The van der Waals surface area contributed by atoms with Gasteiger partial charge in [0.25, 0.3) is 0 Å². The number of aromatic nitrogens is 2. The Balaban J connectivity index is 1.79. The van der Waals surface area contributed by atoms with Crippen molar-refractivity contribution in [1.82, 2.24) is 15.5 Å². The number of rotatable bonds is 5. The van der Waals surface area contributed by atoms with E-state index < -0.39 is 0 Å². The van der Waals surface area contributed by atoms with Crippen molar-refractivity contribution in [2.45, 2.75) is 58.7 Å². The number of nitrogens with one attached hydrogen (secondary N) is 2. The second kappa shape index (κ2) is 5.85. The van der Waals surface area contributed by atoms with Gasteiger partial charge in [0.2, 0.25) is 0 Å². The molecule has 2 rings (SSSR count). The average Bonchev–Trinajstić information content (AvgIpc) is 2.74. The summed E-state index contributed by atoms with van der Waals surface area (Å²) in [5, 5.41) is 10.9. The first kappa shape index (κ1) is 13.6. The van der Waals surface area contributed by atoms with Gasteiger partial charge in [-0.05, 0) is 30.7 Å². The zero-order chi connectivity index (χ0) is 13.0. The molecule has 1 saturated carbocycles. The molecule has 0 unspecified atom stereocenters. The molecule has 1 atom stereocenters. The van der Waals surface area contributed by atoms with Gasteiger partial charge in [-0.3, -0.25) is 5.10 Å². The highest BCUT2D eigenvalue weighted by Gasteiger charge is 2.27. The molecule has 1 aromatic rings. The van der Waals surface area contributed by atoms with Crippen molar-refractivity contribution in [3.8, 4) is 0 Å². The molecule has 1 aromatic heterocycles. The lowest BCUT2D eigenvalue weighted by molar-refractivity contribution is 0.181. The van der Waals surface area contributed by atoms with Crippen LogP contribution in [-0.2, 0) is 17.9 Å². The van der Waals surface area contributed by atoms with E-state index in [0.29, 0.717) is 18.1 Å². The molecule has 102 valence electrons. The van der Waals surface area contributed by atoms with E-state index in [1.165, 1.54) is 25.7 Å². The minimum absolute atomic E-state index is 0.489. The Labute approximate surface area is 110 Å². The van der Waals surface area contributed by atoms with Gasteiger partial charge in [-0.15, -0.1) is 0 Å². The molecular formula is C14H25N3O. The molecule has 1 aliphatic carbocycles. The smallest absolute Gasteiger partial charge is 0.0878 e. The van der Waals surface area contributed by atoms with E-state index in [1.807, 2.05) is 0 Å². The molecule has 0 amide bonds. The summed E-state index contributed by atoms with van der Waals surface area (Å²) in [5.41, 5.74) is 2.60. The van der Waals surface area contributed by atoms with Crippen LogP contribution >= 0.6 is 0 Å². The maximum atomic E-state index is 5.07. The lowest BCUT2D eigenvalue weighted by Crippen LogP contribution is -2.36. The van der Waals surface area contributed by atoms with Crippen LogP contribution in [0, 0.1) is 5.41 Å². The van der Waals surface area contributed by atoms with E-state index >= 15 is 0 Å². The maximum Gasteiger partial charge on any atom is 0.0878 e. The predicted molar refractivity (Wildman–Crippen MR) is 72.2 cm³/mol. The van der Waals surface area contributed by atoms with Crippen LogP contribution in [0.25, 0.3) is 0 Å². The van der Waals surface area contributed by atoms with Crippen LogP contribution in [-0.4, -0.2) is 23.3 Å². The van der Waals surface area contributed by atoms with Crippen LogP contribution in [0.5, 0.6) is 0 Å². The van der Waals surface area contributed by atoms with Gasteiger partial charge in [0, 0.05) is 19.7 Å². The molecule has 0 spiro atoms. The third kappa shape index (κ3) is 3.82. The van der Waals surface area contributed by atoms with Gasteiger partial charge in [0.05, 0.1) is 18.0 Å². The zero-order valence-electron chi connectivity index (χ0n) is 11.8. The largest absolute Gasteiger partial charge is 0.378 e. The lowest BCUT2D eigenvalue weighted by atomic mass is 9.75. The van der Waals surface area contributed by atoms with Gasteiger partial charge in [0.1, 0.15) is 0 Å². The number of H-pyrrole nitrogens is 1. The Morgan fingerprint density at radius 2 is 2.39 bits per heavy atom. The molecule has 1 aliphatic rings. The minimum Gasteiger partial charge on any atom is -0.378 e. The summed E-state index contributed by atoms with van der Waals surface area (Å²) in [6, 6.07) is 2.71. The van der Waals surface area contributed by atoms with Crippen LogP contribution in [0.1, 0.15) is 50.9 Å². The van der Waals surface area contributed by atoms with Gasteiger partial charge in [0.15, 0.2) is 0 Å². The van der Waals surface area contributed by atoms with Crippen molar-refractivity contribution >= 4 is 0 Å². The standard InChI is InChI=1S/C14H25N3O/c1-14(2)6-4-5-11(8-14)15-9-12-7-13(10-18-3)17-16-12/h7,11,15H,4-6,8-10H2,1-3H3,(H,16,17)/t11-/m0/s1. The van der Waals surface area contributed by atoms with E-state index in [-0.39, 0.29) is 0 Å². The van der Waals surface area contributed by atoms with Crippen molar-refractivity contribution in [1.29, 1.82) is 0 Å². The molecule has 0 bridgehead atoms. The number of aromatic amines is 1. The molecule has 18 heavy (non-hydrogen) atoms. The van der Waals surface area contributed by atoms with Crippen LogP contribution in [0.2, 0.25) is 0 Å². The summed E-state index contributed by atoms with van der Waals surface area (Å²) in [4.78, 5) is 0. The Bertz CT molecular complexity index is 373. The zero-order valence-corrected chi connectivity index (χ0v) is 11.8. The highest BCUT2D eigenvalue weighted by atomic mass is 16.5. The van der Waals surface area contributed by atoms with Crippen LogP contribution < -0.4 is 5.32 Å². The molecule has 4 nitrogen and oxygen atoms in total. The Hall–Kier alpha value is -0.870. The molecule has 1 heterocycles. The SMILES string of the molecule is COCc1cc(CN[C@H]2CCCC(C)(C)C2)n[nH]1. The highest BCUT2D eigenvalue weighted by molar-refractivity contribution is 5.07. The Morgan fingerprint density at radius 3 is 3.11 bits per heavy atom. The first-order valence-electron chi connectivity index (χ1n) is 6.84. The summed E-state index contributed by atoms with van der Waals surface area (Å²) in [7, 11) is 1.70. The van der Waals surface area contributed by atoms with Crippen molar-refractivity contribution in [3.05, 3.63) is 17.5 Å². The molecule has 1 fully saturated rings. The molecule has 2 N–H and O–H groups in total. The number of ether oxygens (including phenoxy) is 1. The van der Waals surface area contributed by atoms with E-state index in [9.17, 15) is 0 Å². The van der Waals surface area contributed by atoms with E-state index in [2.05, 4.69) is 35.4 Å². The predicted octanol–water partition coefficient (Wildman–Crippen LogP) is 2.61. The van der Waals surface area contributed by atoms with Crippen molar-refractivity contribution in [2.24, 2.45) is 5.41 Å². The Morgan fingerprint density at radius 1 is 1.56 bits per heavy atom. The Kier molecular flexibility index (Phi) is 4.40. The molecule has 0 aliphatic heterocycles. The fourth-order valence-corrected chi connectivity index (χ4v) is 2.85. The third-order valence-electron chi connectivity index (χ3n) is 3.76. The normalized spacial score (nSPS) is 23.2. The summed E-state index contributed by atoms with van der Waals surface area (Å²) < 4.78 is 5.07. The van der Waals surface area contributed by atoms with Crippen LogP contribution in [0.3, 0.4) is 0 Å². The number of hydrogen-bond donors (Lipinski definition) is 2. The highest BCUT2D eigenvalue weighted by Crippen LogP contribution is 2.35. The fraction of sp³-hybridized carbons (Fsp3) is 0.786. The second-order valence-electron chi connectivity index (χ2n) is 6.16. The average molecular weight is 251 g/mol. The fourth-order valence-electron chi connectivity index (χ4n) is 2.85. The lowest BCUT2D eigenvalue weighted by Gasteiger charge is -2.35. The summed E-state index contributed by atoms with van der Waals surface area (Å²) in [6.45, 7) is 6.18. The van der Waals surface area contributed by atoms with Crippen molar-refractivity contribution in [2.75, 3.05) is 7.11 Å². The van der Waals surface area contributed by atoms with Gasteiger partial charge < -0.3 is 10.1 Å². The van der Waals surface area contributed by atoms with Crippen LogP contribution in [0.15, 0.2) is 6.07 Å². The van der Waals surface area contributed by atoms with Crippen molar-refractivity contribution < 1.29 is 4.74 Å². The molecule has 4 heteroatoms. The quantitative estimate of drug-likeness (QED) is 0.845. The van der Waals surface area contributed by atoms with E-state index in [0.717, 1.165) is 17.9 Å². The monoisotopic (exact) mass is 251 g/mol. The number of nitrogens with zero attached hydrogens (tertiary/aromatic N) is 1. The number of methoxy groups -OCH3 is 1. The van der Waals surface area contributed by atoms with Gasteiger partial charge in [-0.25, -0.2) is 0 Å². The summed E-state index contributed by atoms with van der Waals surface area (Å²) in [6.07, 6.45) is 5.24. The molecule has 0 radical (unpaired) electrons. The van der Waals surface area contributed by atoms with Gasteiger partial charge in [-0.2, -0.15) is 5.10 Å². The molecular weight excluding hydrogens is 226 g/mol. The summed E-state index contributed by atoms with van der Waals surface area (Å²) >= 11 is 0. The van der Waals surface area contributed by atoms with E-state index in [4.69, 9.17) is 4.74 Å². The van der Waals surface area contributed by atoms with Gasteiger partial charge in [-0.1, -0.05) is 20.3 Å². The molecule has 0 saturated heterocycles. The third-order valence-corrected chi connectivity index (χ3v) is 3.76. The van der Waals surface area contributed by atoms with E-state index in [1.54, 1.807) is 7.11 Å². The number of hydrogen-bond acceptors (Lipinski definition) is 3. The van der Waals surface area contributed by atoms with Crippen LogP contribution in [0.4, 0.5) is 0 Å². The van der Waals surface area contributed by atoms with Gasteiger partial charge >= 0.3 is 0 Å². The minimum atomic E-state index is 0.489.